The molecule has 2 aromatic heterocycles. The summed E-state index contributed by atoms with van der Waals surface area (Å²) in [6.07, 6.45) is 0. The van der Waals surface area contributed by atoms with Crippen LogP contribution in [0.4, 0.5) is 4.39 Å². The number of carbonyl (C=O) groups is 1. The molecule has 0 saturated heterocycles. The molecule has 0 spiro atoms. The summed E-state index contributed by atoms with van der Waals surface area (Å²) in [5, 5.41) is 9.82. The van der Waals surface area contributed by atoms with Crippen LogP contribution in [0, 0.1) is 5.82 Å². The summed E-state index contributed by atoms with van der Waals surface area (Å²) in [5.41, 5.74) is 2.81. The van der Waals surface area contributed by atoms with Gasteiger partial charge in [-0.3, -0.25) is 4.79 Å². The van der Waals surface area contributed by atoms with Crippen LogP contribution in [-0.2, 0) is 7.05 Å². The third-order valence-corrected chi connectivity index (χ3v) is 5.20. The van der Waals surface area contributed by atoms with Crippen LogP contribution in [-0.4, -0.2) is 37.9 Å². The number of halogens is 1. The van der Waals surface area contributed by atoms with E-state index in [9.17, 15) is 9.18 Å². The van der Waals surface area contributed by atoms with E-state index in [0.29, 0.717) is 28.5 Å². The Balaban J connectivity index is 1.60. The molecule has 6 nitrogen and oxygen atoms in total. The zero-order valence-corrected chi connectivity index (χ0v) is 16.2. The summed E-state index contributed by atoms with van der Waals surface area (Å²) < 4.78 is 20.5. The van der Waals surface area contributed by atoms with Crippen molar-refractivity contribution in [2.75, 3.05) is 12.4 Å². The molecule has 0 unspecified atom stereocenters. The van der Waals surface area contributed by atoms with Gasteiger partial charge in [0, 0.05) is 18.0 Å². The van der Waals surface area contributed by atoms with Crippen molar-refractivity contribution in [3.63, 3.8) is 0 Å². The van der Waals surface area contributed by atoms with Gasteiger partial charge in [0.25, 0.3) is 0 Å². The van der Waals surface area contributed by atoms with Crippen molar-refractivity contribution in [2.45, 2.75) is 12.1 Å². The van der Waals surface area contributed by atoms with E-state index in [1.807, 2.05) is 36.7 Å². The van der Waals surface area contributed by atoms with Gasteiger partial charge >= 0.3 is 0 Å². The largest absolute Gasteiger partial charge is 0.494 e. The second-order valence-electron chi connectivity index (χ2n) is 6.16. The molecular weight excluding hydrogens is 379 g/mol. The molecule has 0 aliphatic carbocycles. The van der Waals surface area contributed by atoms with E-state index < -0.39 is 0 Å². The Hall–Kier alpha value is -3.00. The highest BCUT2D eigenvalue weighted by molar-refractivity contribution is 7.99. The lowest BCUT2D eigenvalue weighted by atomic mass is 10.1. The SMILES string of the molecule is CCOc1ccc2c(c1)c1nnc(SCC(=O)c3ccc(F)cc3)nc1n2C. The van der Waals surface area contributed by atoms with E-state index >= 15 is 0 Å². The predicted molar refractivity (Wildman–Crippen MR) is 106 cm³/mol. The quantitative estimate of drug-likeness (QED) is 0.362. The molecule has 0 aliphatic rings. The minimum Gasteiger partial charge on any atom is -0.494 e. The Labute approximate surface area is 164 Å². The van der Waals surface area contributed by atoms with Crippen LogP contribution in [0.3, 0.4) is 0 Å². The summed E-state index contributed by atoms with van der Waals surface area (Å²) in [5.74, 6) is 0.433. The average molecular weight is 396 g/mol. The van der Waals surface area contributed by atoms with E-state index in [0.717, 1.165) is 16.7 Å². The number of ether oxygens (including phenoxy) is 1. The minimum atomic E-state index is -0.370. The fraction of sp³-hybridized carbons (Fsp3) is 0.200. The van der Waals surface area contributed by atoms with Gasteiger partial charge in [0.15, 0.2) is 11.4 Å². The number of Topliss-reactive ketones (excluding diaryl/α,β-unsaturated/α-hetero) is 1. The van der Waals surface area contributed by atoms with Gasteiger partial charge in [0.05, 0.1) is 17.9 Å². The molecule has 28 heavy (non-hydrogen) atoms. The number of fused-ring (bicyclic) bond motifs is 3. The molecule has 142 valence electrons. The van der Waals surface area contributed by atoms with Crippen LogP contribution in [0.5, 0.6) is 5.75 Å². The highest BCUT2D eigenvalue weighted by Gasteiger charge is 2.15. The Morgan fingerprint density at radius 1 is 1.18 bits per heavy atom. The maximum absolute atomic E-state index is 13.0. The second kappa shape index (κ2) is 7.55. The molecule has 0 bridgehead atoms. The third-order valence-electron chi connectivity index (χ3n) is 4.36. The second-order valence-corrected chi connectivity index (χ2v) is 7.10. The first-order chi connectivity index (χ1) is 13.6. The van der Waals surface area contributed by atoms with E-state index in [1.165, 1.54) is 36.0 Å². The Kier molecular flexibility index (Phi) is 4.95. The topological polar surface area (TPSA) is 69.9 Å². The normalized spacial score (nSPS) is 11.2. The van der Waals surface area contributed by atoms with Gasteiger partial charge in [-0.2, -0.15) is 0 Å². The Bertz CT molecular complexity index is 1170. The number of aromatic nitrogens is 4. The first-order valence-corrected chi connectivity index (χ1v) is 9.72. The first kappa shape index (κ1) is 18.4. The number of aryl methyl sites for hydroxylation is 1. The fourth-order valence-corrected chi connectivity index (χ4v) is 3.67. The molecule has 4 aromatic rings. The summed E-state index contributed by atoms with van der Waals surface area (Å²) in [6, 6.07) is 11.3. The molecule has 0 fully saturated rings. The Morgan fingerprint density at radius 3 is 2.71 bits per heavy atom. The highest BCUT2D eigenvalue weighted by Crippen LogP contribution is 2.29. The number of hydrogen-bond donors (Lipinski definition) is 0. The van der Waals surface area contributed by atoms with Gasteiger partial charge in [-0.1, -0.05) is 11.8 Å². The average Bonchev–Trinajstić information content (AvgIpc) is 2.98. The summed E-state index contributed by atoms with van der Waals surface area (Å²) >= 11 is 1.21. The lowest BCUT2D eigenvalue weighted by Crippen LogP contribution is -2.04. The van der Waals surface area contributed by atoms with Crippen LogP contribution in [0.1, 0.15) is 17.3 Å². The van der Waals surface area contributed by atoms with Crippen molar-refractivity contribution in [2.24, 2.45) is 7.05 Å². The zero-order chi connectivity index (χ0) is 19.7. The van der Waals surface area contributed by atoms with Crippen LogP contribution < -0.4 is 4.74 Å². The van der Waals surface area contributed by atoms with Gasteiger partial charge in [-0.15, -0.1) is 10.2 Å². The van der Waals surface area contributed by atoms with Crippen molar-refractivity contribution in [3.05, 3.63) is 53.8 Å². The molecular formula is C20H17FN4O2S. The fourth-order valence-electron chi connectivity index (χ4n) is 2.99. The number of ketones is 1. The van der Waals surface area contributed by atoms with Crippen molar-refractivity contribution >= 4 is 39.6 Å². The molecule has 0 radical (unpaired) electrons. The maximum Gasteiger partial charge on any atom is 0.211 e. The lowest BCUT2D eigenvalue weighted by Gasteiger charge is -2.02. The lowest BCUT2D eigenvalue weighted by molar-refractivity contribution is 0.102. The zero-order valence-electron chi connectivity index (χ0n) is 15.3. The molecule has 8 heteroatoms. The number of thioether (sulfide) groups is 1. The summed E-state index contributed by atoms with van der Waals surface area (Å²) in [6.45, 7) is 2.52. The molecule has 4 rings (SSSR count). The van der Waals surface area contributed by atoms with Gasteiger partial charge in [-0.25, -0.2) is 9.37 Å². The number of nitrogens with zero attached hydrogens (tertiary/aromatic N) is 4. The van der Waals surface area contributed by atoms with Crippen molar-refractivity contribution in [1.82, 2.24) is 19.7 Å². The Morgan fingerprint density at radius 2 is 1.96 bits per heavy atom. The molecule has 0 aliphatic heterocycles. The van der Waals surface area contributed by atoms with Crippen LogP contribution in [0.25, 0.3) is 22.1 Å². The molecule has 0 N–H and O–H groups in total. The maximum atomic E-state index is 13.0. The van der Waals surface area contributed by atoms with E-state index in [2.05, 4.69) is 15.2 Å². The number of hydrogen-bond acceptors (Lipinski definition) is 6. The van der Waals surface area contributed by atoms with Crippen LogP contribution >= 0.6 is 11.8 Å². The van der Waals surface area contributed by atoms with E-state index in [1.54, 1.807) is 0 Å². The standard InChI is InChI=1S/C20H17FN4O2S/c1-3-27-14-8-9-16-15(10-14)18-19(25(16)2)22-20(24-23-18)28-11-17(26)12-4-6-13(21)7-5-12/h4-10H,3,11H2,1-2H3. The number of carbonyl (C=O) groups excluding carboxylic acids is 1. The van der Waals surface area contributed by atoms with Crippen molar-refractivity contribution in [3.8, 4) is 5.75 Å². The van der Waals surface area contributed by atoms with Crippen molar-refractivity contribution in [1.29, 1.82) is 0 Å². The number of benzene rings is 2. The van der Waals surface area contributed by atoms with Gasteiger partial charge < -0.3 is 9.30 Å². The predicted octanol–water partition coefficient (Wildman–Crippen LogP) is 4.03. The van der Waals surface area contributed by atoms with Gasteiger partial charge in [0.2, 0.25) is 5.16 Å². The number of rotatable bonds is 6. The minimum absolute atomic E-state index is 0.118. The molecule has 0 saturated carbocycles. The van der Waals surface area contributed by atoms with Gasteiger partial charge in [-0.05, 0) is 49.4 Å². The highest BCUT2D eigenvalue weighted by atomic mass is 32.2. The molecule has 2 heterocycles. The molecule has 0 amide bonds. The smallest absolute Gasteiger partial charge is 0.211 e. The molecule has 0 atom stereocenters. The molecule has 2 aromatic carbocycles. The van der Waals surface area contributed by atoms with Gasteiger partial charge in [0.1, 0.15) is 17.1 Å². The third kappa shape index (κ3) is 3.43. The van der Waals surface area contributed by atoms with E-state index in [4.69, 9.17) is 4.74 Å². The monoisotopic (exact) mass is 396 g/mol. The summed E-state index contributed by atoms with van der Waals surface area (Å²) in [7, 11) is 1.91. The summed E-state index contributed by atoms with van der Waals surface area (Å²) in [4.78, 5) is 16.8. The van der Waals surface area contributed by atoms with E-state index in [-0.39, 0.29) is 17.4 Å². The first-order valence-electron chi connectivity index (χ1n) is 8.74. The van der Waals surface area contributed by atoms with Crippen LogP contribution in [0.15, 0.2) is 47.6 Å². The van der Waals surface area contributed by atoms with Crippen molar-refractivity contribution < 1.29 is 13.9 Å². The van der Waals surface area contributed by atoms with Crippen LogP contribution in [0.2, 0.25) is 0 Å².